The largest absolute Gasteiger partial charge is 0.484 e. The second-order valence-corrected chi connectivity index (χ2v) is 8.56. The molecule has 5 nitrogen and oxygen atoms in total. The molecule has 2 unspecified atom stereocenters. The van der Waals surface area contributed by atoms with E-state index in [1.54, 1.807) is 11.8 Å². The Kier molecular flexibility index (Phi) is 8.90. The Balaban J connectivity index is 2.15. The van der Waals surface area contributed by atoms with E-state index in [0.717, 1.165) is 27.6 Å². The summed E-state index contributed by atoms with van der Waals surface area (Å²) in [6.07, 6.45) is 0.830. The summed E-state index contributed by atoms with van der Waals surface area (Å²) in [5.41, 5.74) is 3.14. The molecule has 0 saturated carbocycles. The van der Waals surface area contributed by atoms with Crippen molar-refractivity contribution in [2.45, 2.75) is 59.7 Å². The lowest BCUT2D eigenvalue weighted by Gasteiger charge is -2.29. The van der Waals surface area contributed by atoms with Gasteiger partial charge < -0.3 is 15.0 Å². The number of hydrogen-bond acceptors (Lipinski definition) is 3. The van der Waals surface area contributed by atoms with E-state index in [1.165, 1.54) is 0 Å². The molecular formula is C24H31BrN2O3. The van der Waals surface area contributed by atoms with Gasteiger partial charge >= 0.3 is 0 Å². The fourth-order valence-corrected chi connectivity index (χ4v) is 3.12. The van der Waals surface area contributed by atoms with E-state index in [2.05, 4.69) is 21.2 Å². The van der Waals surface area contributed by atoms with Crippen molar-refractivity contribution in [2.75, 3.05) is 6.61 Å². The molecule has 0 aromatic heterocycles. The second-order valence-electron chi connectivity index (χ2n) is 7.70. The van der Waals surface area contributed by atoms with Crippen LogP contribution >= 0.6 is 15.9 Å². The Hall–Kier alpha value is -2.34. The van der Waals surface area contributed by atoms with Gasteiger partial charge in [-0.25, -0.2) is 0 Å². The van der Waals surface area contributed by atoms with Gasteiger partial charge in [0.15, 0.2) is 6.61 Å². The molecule has 1 N–H and O–H groups in total. The molecule has 0 aliphatic rings. The number of halogens is 1. The highest BCUT2D eigenvalue weighted by Crippen LogP contribution is 2.22. The van der Waals surface area contributed by atoms with E-state index >= 15 is 0 Å². The number of ether oxygens (including phenoxy) is 1. The average molecular weight is 475 g/mol. The third-order valence-electron chi connectivity index (χ3n) is 5.13. The van der Waals surface area contributed by atoms with Gasteiger partial charge in [0.25, 0.3) is 5.91 Å². The van der Waals surface area contributed by atoms with Crippen LogP contribution in [0.15, 0.2) is 46.9 Å². The number of nitrogens with one attached hydrogen (secondary N) is 1. The molecule has 2 rings (SSSR count). The van der Waals surface area contributed by atoms with Gasteiger partial charge in [0.2, 0.25) is 5.91 Å². The van der Waals surface area contributed by atoms with Crippen molar-refractivity contribution in [3.05, 3.63) is 63.6 Å². The van der Waals surface area contributed by atoms with Gasteiger partial charge in [0, 0.05) is 17.1 Å². The molecule has 6 heteroatoms. The topological polar surface area (TPSA) is 58.6 Å². The van der Waals surface area contributed by atoms with Gasteiger partial charge in [-0.05, 0) is 63.4 Å². The first-order valence-corrected chi connectivity index (χ1v) is 11.0. The zero-order chi connectivity index (χ0) is 22.3. The van der Waals surface area contributed by atoms with Crippen molar-refractivity contribution in [1.82, 2.24) is 10.2 Å². The Labute approximate surface area is 187 Å². The molecule has 162 valence electrons. The van der Waals surface area contributed by atoms with Gasteiger partial charge in [-0.2, -0.15) is 0 Å². The van der Waals surface area contributed by atoms with Crippen LogP contribution in [0.2, 0.25) is 0 Å². The maximum Gasteiger partial charge on any atom is 0.261 e. The van der Waals surface area contributed by atoms with Crippen LogP contribution in [-0.2, 0) is 16.1 Å². The normalized spacial score (nSPS) is 12.7. The van der Waals surface area contributed by atoms with Gasteiger partial charge in [-0.3, -0.25) is 9.59 Å². The van der Waals surface area contributed by atoms with Gasteiger partial charge in [0.1, 0.15) is 11.8 Å². The van der Waals surface area contributed by atoms with Crippen LogP contribution in [0.4, 0.5) is 0 Å². The third kappa shape index (κ3) is 6.87. The second kappa shape index (κ2) is 11.2. The highest BCUT2D eigenvalue weighted by atomic mass is 79.9. The average Bonchev–Trinajstić information content (AvgIpc) is 2.73. The van der Waals surface area contributed by atoms with E-state index in [9.17, 15) is 9.59 Å². The van der Waals surface area contributed by atoms with Gasteiger partial charge in [-0.1, -0.05) is 52.7 Å². The fraction of sp³-hybridized carbons (Fsp3) is 0.417. The van der Waals surface area contributed by atoms with Crippen LogP contribution in [0, 0.1) is 13.8 Å². The lowest BCUT2D eigenvalue weighted by molar-refractivity contribution is -0.142. The minimum Gasteiger partial charge on any atom is -0.484 e. The molecule has 0 heterocycles. The highest BCUT2D eigenvalue weighted by Gasteiger charge is 2.27. The first-order chi connectivity index (χ1) is 14.2. The number of nitrogens with zero attached hydrogens (tertiary/aromatic N) is 1. The minimum atomic E-state index is -0.608. The SMILES string of the molecule is CCC(C)NC(=O)C(C)N(Cc1ccc(C)cc1)C(=O)COc1ccc(Br)c(C)c1. The number of aryl methyl sites for hydroxylation is 2. The molecule has 0 bridgehead atoms. The van der Waals surface area contributed by atoms with Crippen LogP contribution in [0.25, 0.3) is 0 Å². The molecule has 2 aromatic carbocycles. The number of carbonyl (C=O) groups is 2. The zero-order valence-electron chi connectivity index (χ0n) is 18.4. The van der Waals surface area contributed by atoms with Crippen LogP contribution < -0.4 is 10.1 Å². The molecule has 2 aromatic rings. The third-order valence-corrected chi connectivity index (χ3v) is 6.02. The van der Waals surface area contributed by atoms with E-state index in [-0.39, 0.29) is 24.5 Å². The lowest BCUT2D eigenvalue weighted by atomic mass is 10.1. The van der Waals surface area contributed by atoms with Crippen LogP contribution in [0.5, 0.6) is 5.75 Å². The van der Waals surface area contributed by atoms with Gasteiger partial charge in [0.05, 0.1) is 0 Å². The number of rotatable bonds is 9. The summed E-state index contributed by atoms with van der Waals surface area (Å²) >= 11 is 3.46. The number of carbonyl (C=O) groups excluding carboxylic acids is 2. The molecule has 0 saturated heterocycles. The Morgan fingerprint density at radius 1 is 1.10 bits per heavy atom. The monoisotopic (exact) mass is 474 g/mol. The van der Waals surface area contributed by atoms with Crippen molar-refractivity contribution >= 4 is 27.7 Å². The van der Waals surface area contributed by atoms with E-state index in [1.807, 2.05) is 70.2 Å². The Morgan fingerprint density at radius 3 is 2.37 bits per heavy atom. The number of amides is 2. The molecule has 30 heavy (non-hydrogen) atoms. The molecule has 0 aliphatic heterocycles. The van der Waals surface area contributed by atoms with Crippen LogP contribution in [0.3, 0.4) is 0 Å². The smallest absolute Gasteiger partial charge is 0.261 e. The van der Waals surface area contributed by atoms with Crippen molar-refractivity contribution in [3.8, 4) is 5.75 Å². The predicted octanol–water partition coefficient (Wildman–Crippen LogP) is 4.78. The maximum absolute atomic E-state index is 13.1. The molecule has 0 fully saturated rings. The lowest BCUT2D eigenvalue weighted by Crippen LogP contribution is -2.50. The van der Waals surface area contributed by atoms with Crippen LogP contribution in [0.1, 0.15) is 43.9 Å². The summed E-state index contributed by atoms with van der Waals surface area (Å²) in [4.78, 5) is 27.3. The zero-order valence-corrected chi connectivity index (χ0v) is 20.0. The molecule has 2 amide bonds. The quantitative estimate of drug-likeness (QED) is 0.568. The molecule has 0 aliphatic carbocycles. The summed E-state index contributed by atoms with van der Waals surface area (Å²) < 4.78 is 6.71. The summed E-state index contributed by atoms with van der Waals surface area (Å²) in [7, 11) is 0. The number of benzene rings is 2. The molecule has 0 radical (unpaired) electrons. The fourth-order valence-electron chi connectivity index (χ4n) is 2.87. The van der Waals surface area contributed by atoms with E-state index in [0.29, 0.717) is 12.3 Å². The summed E-state index contributed by atoms with van der Waals surface area (Å²) in [5, 5.41) is 2.97. The first kappa shape index (κ1) is 23.9. The van der Waals surface area contributed by atoms with E-state index in [4.69, 9.17) is 4.74 Å². The standard InChI is InChI=1S/C24H31BrN2O3/c1-6-18(4)26-24(29)19(5)27(14-20-9-7-16(2)8-10-20)23(28)15-30-21-11-12-22(25)17(3)13-21/h7-13,18-19H,6,14-15H2,1-5H3,(H,26,29). The minimum absolute atomic E-state index is 0.0540. The molecular weight excluding hydrogens is 444 g/mol. The maximum atomic E-state index is 13.1. The van der Waals surface area contributed by atoms with Crippen molar-refractivity contribution in [2.24, 2.45) is 0 Å². The summed E-state index contributed by atoms with van der Waals surface area (Å²) in [6, 6.07) is 13.0. The Morgan fingerprint density at radius 2 is 1.77 bits per heavy atom. The van der Waals surface area contributed by atoms with Crippen molar-refractivity contribution < 1.29 is 14.3 Å². The highest BCUT2D eigenvalue weighted by molar-refractivity contribution is 9.10. The van der Waals surface area contributed by atoms with E-state index < -0.39 is 6.04 Å². The van der Waals surface area contributed by atoms with Crippen molar-refractivity contribution in [1.29, 1.82) is 0 Å². The summed E-state index contributed by atoms with van der Waals surface area (Å²) in [5.74, 6) is 0.225. The molecule has 2 atom stereocenters. The Bertz CT molecular complexity index is 867. The number of hydrogen-bond donors (Lipinski definition) is 1. The van der Waals surface area contributed by atoms with Crippen LogP contribution in [-0.4, -0.2) is 35.4 Å². The molecule has 0 spiro atoms. The van der Waals surface area contributed by atoms with Crippen molar-refractivity contribution in [3.63, 3.8) is 0 Å². The first-order valence-electron chi connectivity index (χ1n) is 10.3. The summed E-state index contributed by atoms with van der Waals surface area (Å²) in [6.45, 7) is 9.92. The van der Waals surface area contributed by atoms with Gasteiger partial charge in [-0.15, -0.1) is 0 Å². The predicted molar refractivity (Wildman–Crippen MR) is 123 cm³/mol.